The molecule has 90 valence electrons. The van der Waals surface area contributed by atoms with Crippen molar-refractivity contribution in [1.29, 1.82) is 0 Å². The maximum absolute atomic E-state index is 11.6. The van der Waals surface area contributed by atoms with Gasteiger partial charge in [0.2, 0.25) is 5.91 Å². The maximum atomic E-state index is 11.6. The molecule has 0 spiro atoms. The highest BCUT2D eigenvalue weighted by Gasteiger charge is 2.36. The van der Waals surface area contributed by atoms with Crippen molar-refractivity contribution in [3.8, 4) is 0 Å². The number of hydrogen-bond donors (Lipinski definition) is 4. The van der Waals surface area contributed by atoms with Gasteiger partial charge in [-0.3, -0.25) is 4.79 Å². The minimum atomic E-state index is -1.53. The Balaban J connectivity index is 4.19. The molecule has 0 aliphatic rings. The number of carbonyl (C=O) groups excluding carboxylic acids is 1. The highest BCUT2D eigenvalue weighted by atomic mass is 16.5. The van der Waals surface area contributed by atoms with Crippen molar-refractivity contribution in [2.45, 2.75) is 33.5 Å². The van der Waals surface area contributed by atoms with Gasteiger partial charge in [-0.15, -0.1) is 0 Å². The summed E-state index contributed by atoms with van der Waals surface area (Å²) in [4.78, 5) is 11.6. The molecule has 4 N–H and O–H groups in total. The van der Waals surface area contributed by atoms with Gasteiger partial charge in [0.15, 0.2) is 6.29 Å². The third kappa shape index (κ3) is 4.15. The summed E-state index contributed by atoms with van der Waals surface area (Å²) in [5.74, 6) is -0.738. The van der Waals surface area contributed by atoms with Gasteiger partial charge in [-0.05, 0) is 6.42 Å². The number of rotatable bonds is 6. The molecule has 5 heteroatoms. The van der Waals surface area contributed by atoms with E-state index in [9.17, 15) is 4.79 Å². The predicted molar refractivity (Wildman–Crippen MR) is 55.9 cm³/mol. The molecule has 0 fully saturated rings. The summed E-state index contributed by atoms with van der Waals surface area (Å²) in [6.45, 7) is 5.31. The summed E-state index contributed by atoms with van der Waals surface area (Å²) in [7, 11) is 0. The fourth-order valence-corrected chi connectivity index (χ4v) is 1.01. The molecule has 0 saturated heterocycles. The van der Waals surface area contributed by atoms with E-state index in [2.05, 4.69) is 5.32 Å². The number of aliphatic hydroxyl groups excluding tert-OH is 2. The normalized spacial score (nSPS) is 14.1. The van der Waals surface area contributed by atoms with Crippen LogP contribution >= 0.6 is 0 Å². The second-order valence-corrected chi connectivity index (χ2v) is 4.28. The molecule has 5 nitrogen and oxygen atoms in total. The Bertz CT molecular complexity index is 204. The molecule has 0 aliphatic carbocycles. The highest BCUT2D eigenvalue weighted by Crippen LogP contribution is 2.29. The zero-order valence-electron chi connectivity index (χ0n) is 9.53. The van der Waals surface area contributed by atoms with Crippen LogP contribution in [0.1, 0.15) is 27.2 Å². The molecule has 1 unspecified atom stereocenters. The lowest BCUT2D eigenvalue weighted by Gasteiger charge is -2.32. The predicted octanol–water partition coefficient (Wildman–Crippen LogP) is -0.542. The number of carbonyl (C=O) groups is 1. The Morgan fingerprint density at radius 2 is 1.93 bits per heavy atom. The van der Waals surface area contributed by atoms with Crippen molar-refractivity contribution < 1.29 is 20.1 Å². The zero-order chi connectivity index (χ0) is 12.1. The SMILES string of the molecule is CC(C(=O)NCCCO)C(C)(C)C(O)O. The molecule has 1 atom stereocenters. The average Bonchev–Trinajstić information content (AvgIpc) is 2.16. The molecule has 1 amide bonds. The summed E-state index contributed by atoms with van der Waals surface area (Å²) in [6.07, 6.45) is -1.03. The van der Waals surface area contributed by atoms with E-state index in [1.807, 2.05) is 0 Å². The molecular formula is C10H21NO4. The largest absolute Gasteiger partial charge is 0.396 e. The Hall–Kier alpha value is -0.650. The van der Waals surface area contributed by atoms with E-state index in [0.29, 0.717) is 13.0 Å². The van der Waals surface area contributed by atoms with E-state index >= 15 is 0 Å². The van der Waals surface area contributed by atoms with Gasteiger partial charge in [0.05, 0.1) is 0 Å². The number of amides is 1. The van der Waals surface area contributed by atoms with Crippen molar-refractivity contribution in [2.75, 3.05) is 13.2 Å². The summed E-state index contributed by atoms with van der Waals surface area (Å²) in [5, 5.41) is 29.4. The van der Waals surface area contributed by atoms with Gasteiger partial charge in [-0.1, -0.05) is 20.8 Å². The molecule has 0 heterocycles. The van der Waals surface area contributed by atoms with Crippen molar-refractivity contribution in [3.05, 3.63) is 0 Å². The van der Waals surface area contributed by atoms with Gasteiger partial charge in [0.25, 0.3) is 0 Å². The van der Waals surface area contributed by atoms with Crippen LogP contribution in [0.25, 0.3) is 0 Å². The molecule has 0 aromatic carbocycles. The first-order valence-electron chi connectivity index (χ1n) is 5.08. The molecule has 0 rings (SSSR count). The topological polar surface area (TPSA) is 89.8 Å². The van der Waals surface area contributed by atoms with Gasteiger partial charge < -0.3 is 20.6 Å². The lowest BCUT2D eigenvalue weighted by Crippen LogP contribution is -2.44. The summed E-state index contributed by atoms with van der Waals surface area (Å²) in [5.41, 5.74) is -0.886. The van der Waals surface area contributed by atoms with Crippen molar-refractivity contribution >= 4 is 5.91 Å². The van der Waals surface area contributed by atoms with E-state index in [1.165, 1.54) is 0 Å². The van der Waals surface area contributed by atoms with Gasteiger partial charge in [0, 0.05) is 24.5 Å². The lowest BCUT2D eigenvalue weighted by atomic mass is 9.79. The molecule has 0 aliphatic heterocycles. The minimum absolute atomic E-state index is 0.0285. The van der Waals surface area contributed by atoms with Gasteiger partial charge in [-0.2, -0.15) is 0 Å². The van der Waals surface area contributed by atoms with Crippen molar-refractivity contribution in [1.82, 2.24) is 5.32 Å². The van der Waals surface area contributed by atoms with Gasteiger partial charge in [-0.25, -0.2) is 0 Å². The summed E-state index contributed by atoms with van der Waals surface area (Å²) < 4.78 is 0. The van der Waals surface area contributed by atoms with Gasteiger partial charge in [0.1, 0.15) is 0 Å². The first-order chi connectivity index (χ1) is 6.84. The third-order valence-electron chi connectivity index (χ3n) is 2.81. The number of hydrogen-bond acceptors (Lipinski definition) is 4. The second kappa shape index (κ2) is 6.05. The Labute approximate surface area is 90.1 Å². The highest BCUT2D eigenvalue weighted by molar-refractivity contribution is 5.79. The molecule has 0 bridgehead atoms. The van der Waals surface area contributed by atoms with Crippen LogP contribution in [0.15, 0.2) is 0 Å². The van der Waals surface area contributed by atoms with Crippen molar-refractivity contribution in [2.24, 2.45) is 11.3 Å². The first-order valence-corrected chi connectivity index (χ1v) is 5.08. The molecule has 15 heavy (non-hydrogen) atoms. The van der Waals surface area contributed by atoms with E-state index in [-0.39, 0.29) is 12.5 Å². The average molecular weight is 219 g/mol. The van der Waals surface area contributed by atoms with Crippen LogP contribution in [0.2, 0.25) is 0 Å². The minimum Gasteiger partial charge on any atom is -0.396 e. The van der Waals surface area contributed by atoms with E-state index in [0.717, 1.165) is 0 Å². The van der Waals surface area contributed by atoms with Crippen LogP contribution in [0, 0.1) is 11.3 Å². The zero-order valence-corrected chi connectivity index (χ0v) is 9.53. The van der Waals surface area contributed by atoms with Crippen LogP contribution in [0.5, 0.6) is 0 Å². The fraction of sp³-hybridized carbons (Fsp3) is 0.900. The fourth-order valence-electron chi connectivity index (χ4n) is 1.01. The smallest absolute Gasteiger partial charge is 0.223 e. The van der Waals surface area contributed by atoms with E-state index < -0.39 is 17.6 Å². The van der Waals surface area contributed by atoms with E-state index in [1.54, 1.807) is 20.8 Å². The Kier molecular flexibility index (Phi) is 5.79. The van der Waals surface area contributed by atoms with Crippen LogP contribution in [0.3, 0.4) is 0 Å². The second-order valence-electron chi connectivity index (χ2n) is 4.28. The molecular weight excluding hydrogens is 198 g/mol. The quantitative estimate of drug-likeness (QED) is 0.357. The van der Waals surface area contributed by atoms with Crippen LogP contribution in [-0.2, 0) is 4.79 Å². The summed E-state index contributed by atoms with van der Waals surface area (Å²) >= 11 is 0. The standard InChI is InChI=1S/C10H21NO4/c1-7(10(2,3)9(14)15)8(13)11-5-4-6-12/h7,9,12,14-15H,4-6H2,1-3H3,(H,11,13). The number of nitrogens with one attached hydrogen (secondary N) is 1. The Morgan fingerprint density at radius 1 is 1.40 bits per heavy atom. The van der Waals surface area contributed by atoms with E-state index in [4.69, 9.17) is 15.3 Å². The van der Waals surface area contributed by atoms with Crippen LogP contribution < -0.4 is 5.32 Å². The summed E-state index contributed by atoms with van der Waals surface area (Å²) in [6, 6.07) is 0. The monoisotopic (exact) mass is 219 g/mol. The van der Waals surface area contributed by atoms with Crippen LogP contribution in [-0.4, -0.2) is 40.7 Å². The molecule has 0 radical (unpaired) electrons. The lowest BCUT2D eigenvalue weighted by molar-refractivity contribution is -0.156. The molecule has 0 aromatic heterocycles. The van der Waals surface area contributed by atoms with Gasteiger partial charge >= 0.3 is 0 Å². The first kappa shape index (κ1) is 14.3. The maximum Gasteiger partial charge on any atom is 0.223 e. The van der Waals surface area contributed by atoms with Crippen molar-refractivity contribution in [3.63, 3.8) is 0 Å². The third-order valence-corrected chi connectivity index (χ3v) is 2.81. The molecule has 0 saturated carbocycles. The Morgan fingerprint density at radius 3 is 2.33 bits per heavy atom. The van der Waals surface area contributed by atoms with Crippen LogP contribution in [0.4, 0.5) is 0 Å². The number of aliphatic hydroxyl groups is 3. The molecule has 0 aromatic rings.